The molecule has 0 bridgehead atoms. The van der Waals surface area contributed by atoms with E-state index in [9.17, 15) is 27.9 Å². The molecule has 8 heteroatoms. The molecule has 2 atom stereocenters. The Morgan fingerprint density at radius 2 is 1.88 bits per heavy atom. The number of halogens is 3. The highest BCUT2D eigenvalue weighted by molar-refractivity contribution is 5.84. The van der Waals surface area contributed by atoms with Gasteiger partial charge in [0.25, 0.3) is 0 Å². The third-order valence-electron chi connectivity index (χ3n) is 4.84. The lowest BCUT2D eigenvalue weighted by Crippen LogP contribution is -2.55. The zero-order valence-corrected chi connectivity index (χ0v) is 13.7. The smallest absolute Gasteiger partial charge is 0.391 e. The normalized spacial score (nSPS) is 24.4. The zero-order chi connectivity index (χ0) is 18.4. The van der Waals surface area contributed by atoms with Gasteiger partial charge in [0, 0.05) is 26.6 Å². The van der Waals surface area contributed by atoms with E-state index in [0.717, 1.165) is 12.1 Å². The van der Waals surface area contributed by atoms with Crippen molar-refractivity contribution in [3.05, 3.63) is 35.4 Å². The van der Waals surface area contributed by atoms with Gasteiger partial charge in [-0.25, -0.2) is 0 Å². The Kier molecular flexibility index (Phi) is 4.49. The lowest BCUT2D eigenvalue weighted by Gasteiger charge is -2.40. The molecular weight excluding hydrogens is 337 g/mol. The molecule has 25 heavy (non-hydrogen) atoms. The van der Waals surface area contributed by atoms with Crippen LogP contribution >= 0.6 is 0 Å². The molecule has 2 aliphatic heterocycles. The molecule has 0 spiro atoms. The van der Waals surface area contributed by atoms with Gasteiger partial charge in [-0.15, -0.1) is 0 Å². The van der Waals surface area contributed by atoms with Crippen molar-refractivity contribution in [1.82, 2.24) is 9.80 Å². The fraction of sp³-hybridized carbons (Fsp3) is 0.529. The lowest BCUT2D eigenvalue weighted by molar-refractivity contribution is -0.148. The van der Waals surface area contributed by atoms with Crippen LogP contribution in [0.25, 0.3) is 0 Å². The number of rotatable bonds is 2. The summed E-state index contributed by atoms with van der Waals surface area (Å²) >= 11 is 0. The van der Waals surface area contributed by atoms with Gasteiger partial charge in [-0.3, -0.25) is 9.59 Å². The maximum Gasteiger partial charge on any atom is 0.416 e. The maximum absolute atomic E-state index is 12.9. The third-order valence-corrected chi connectivity index (χ3v) is 4.84. The number of hydrogen-bond donors (Lipinski definition) is 1. The minimum Gasteiger partial charge on any atom is -0.391 e. The van der Waals surface area contributed by atoms with Crippen molar-refractivity contribution in [3.8, 4) is 0 Å². The van der Waals surface area contributed by atoms with Crippen LogP contribution in [-0.4, -0.2) is 52.5 Å². The standard InChI is InChI=1S/C17H19F3N2O3/c1-10(23)21-7-12(8-21)16(25)22-9-14(24)6-15(22)11-3-2-4-13(5-11)17(18,19)20/h2-5,12,14-15,24H,6-9H2,1H3. The summed E-state index contributed by atoms with van der Waals surface area (Å²) in [5.41, 5.74) is -0.410. The highest BCUT2D eigenvalue weighted by Crippen LogP contribution is 2.37. The van der Waals surface area contributed by atoms with Crippen molar-refractivity contribution in [3.63, 3.8) is 0 Å². The van der Waals surface area contributed by atoms with Crippen LogP contribution in [-0.2, 0) is 15.8 Å². The van der Waals surface area contributed by atoms with Gasteiger partial charge in [-0.1, -0.05) is 12.1 Å². The van der Waals surface area contributed by atoms with E-state index in [2.05, 4.69) is 0 Å². The fourth-order valence-corrected chi connectivity index (χ4v) is 3.42. The molecule has 2 heterocycles. The van der Waals surface area contributed by atoms with Gasteiger partial charge in [0.15, 0.2) is 0 Å². The van der Waals surface area contributed by atoms with Crippen LogP contribution < -0.4 is 0 Å². The molecule has 2 amide bonds. The molecule has 2 fully saturated rings. The highest BCUT2D eigenvalue weighted by atomic mass is 19.4. The summed E-state index contributed by atoms with van der Waals surface area (Å²) < 4.78 is 38.8. The number of aliphatic hydroxyl groups is 1. The van der Waals surface area contributed by atoms with Crippen LogP contribution in [0.4, 0.5) is 13.2 Å². The lowest BCUT2D eigenvalue weighted by atomic mass is 9.96. The molecule has 1 aromatic carbocycles. The SMILES string of the molecule is CC(=O)N1CC(C(=O)N2CC(O)CC2c2cccc(C(F)(F)F)c2)C1. The minimum absolute atomic E-state index is 0.0936. The second kappa shape index (κ2) is 6.33. The number of benzene rings is 1. The second-order valence-corrected chi connectivity index (χ2v) is 6.64. The molecule has 136 valence electrons. The minimum atomic E-state index is -4.46. The van der Waals surface area contributed by atoms with Crippen molar-refractivity contribution >= 4 is 11.8 Å². The molecule has 0 aromatic heterocycles. The number of alkyl halides is 3. The highest BCUT2D eigenvalue weighted by Gasteiger charge is 2.43. The molecule has 0 radical (unpaired) electrons. The van der Waals surface area contributed by atoms with Crippen LogP contribution in [0, 0.1) is 5.92 Å². The monoisotopic (exact) mass is 356 g/mol. The van der Waals surface area contributed by atoms with Gasteiger partial charge in [-0.2, -0.15) is 13.2 Å². The number of nitrogens with zero attached hydrogens (tertiary/aromatic N) is 2. The number of β-amino-alcohol motifs (C(OH)–C–C–N with tert-alkyl or cyclic N) is 1. The molecule has 3 rings (SSSR count). The van der Waals surface area contributed by atoms with E-state index in [1.165, 1.54) is 22.8 Å². The van der Waals surface area contributed by atoms with Crippen LogP contribution in [0.2, 0.25) is 0 Å². The van der Waals surface area contributed by atoms with Gasteiger partial charge in [0.2, 0.25) is 11.8 Å². The molecule has 0 saturated carbocycles. The summed E-state index contributed by atoms with van der Waals surface area (Å²) in [5, 5.41) is 9.94. The Morgan fingerprint density at radius 1 is 1.20 bits per heavy atom. The van der Waals surface area contributed by atoms with Gasteiger partial charge >= 0.3 is 6.18 Å². The first-order valence-corrected chi connectivity index (χ1v) is 8.08. The molecular formula is C17H19F3N2O3. The number of aliphatic hydroxyl groups excluding tert-OH is 1. The first-order valence-electron chi connectivity index (χ1n) is 8.08. The summed E-state index contributed by atoms with van der Waals surface area (Å²) in [6.07, 6.45) is -5.03. The molecule has 1 aromatic rings. The summed E-state index contributed by atoms with van der Waals surface area (Å²) in [5.74, 6) is -0.695. The van der Waals surface area contributed by atoms with Gasteiger partial charge < -0.3 is 14.9 Å². The van der Waals surface area contributed by atoms with E-state index in [1.54, 1.807) is 6.07 Å². The molecule has 0 aliphatic carbocycles. The molecule has 2 unspecified atom stereocenters. The number of hydrogen-bond acceptors (Lipinski definition) is 3. The van der Waals surface area contributed by atoms with E-state index in [0.29, 0.717) is 18.7 Å². The van der Waals surface area contributed by atoms with Crippen molar-refractivity contribution in [1.29, 1.82) is 0 Å². The summed E-state index contributed by atoms with van der Waals surface area (Å²) in [6.45, 7) is 2.15. The number of likely N-dealkylation sites (tertiary alicyclic amines) is 2. The predicted molar refractivity (Wildman–Crippen MR) is 82.3 cm³/mol. The molecule has 1 N–H and O–H groups in total. The Hall–Kier alpha value is -2.09. The average Bonchev–Trinajstić information content (AvgIpc) is 2.86. The Bertz CT molecular complexity index is 686. The summed E-state index contributed by atoms with van der Waals surface area (Å²) in [4.78, 5) is 26.9. The van der Waals surface area contributed by atoms with E-state index < -0.39 is 23.9 Å². The number of carbonyl (C=O) groups is 2. The van der Waals surface area contributed by atoms with Gasteiger partial charge in [0.1, 0.15) is 0 Å². The van der Waals surface area contributed by atoms with Gasteiger partial charge in [0.05, 0.1) is 23.6 Å². The van der Waals surface area contributed by atoms with E-state index in [1.807, 2.05) is 0 Å². The fourth-order valence-electron chi connectivity index (χ4n) is 3.42. The van der Waals surface area contributed by atoms with Crippen LogP contribution in [0.5, 0.6) is 0 Å². The van der Waals surface area contributed by atoms with Crippen molar-refractivity contribution in [2.75, 3.05) is 19.6 Å². The molecule has 5 nitrogen and oxygen atoms in total. The van der Waals surface area contributed by atoms with Crippen molar-refractivity contribution < 1.29 is 27.9 Å². The number of carbonyl (C=O) groups excluding carboxylic acids is 2. The van der Waals surface area contributed by atoms with Crippen molar-refractivity contribution in [2.45, 2.75) is 31.7 Å². The largest absolute Gasteiger partial charge is 0.416 e. The average molecular weight is 356 g/mol. The predicted octanol–water partition coefficient (Wildman–Crippen LogP) is 1.82. The van der Waals surface area contributed by atoms with E-state index in [4.69, 9.17) is 0 Å². The van der Waals surface area contributed by atoms with E-state index >= 15 is 0 Å². The number of amides is 2. The summed E-state index contributed by atoms with van der Waals surface area (Å²) in [7, 11) is 0. The quantitative estimate of drug-likeness (QED) is 0.879. The van der Waals surface area contributed by atoms with Gasteiger partial charge in [-0.05, 0) is 24.1 Å². The molecule has 2 aliphatic rings. The zero-order valence-electron chi connectivity index (χ0n) is 13.7. The first kappa shape index (κ1) is 17.7. The topological polar surface area (TPSA) is 60.9 Å². The summed E-state index contributed by atoms with van der Waals surface area (Å²) in [6, 6.07) is 4.28. The van der Waals surface area contributed by atoms with Crippen LogP contribution in [0.3, 0.4) is 0 Å². The maximum atomic E-state index is 12.9. The second-order valence-electron chi connectivity index (χ2n) is 6.64. The Balaban J connectivity index is 1.79. The van der Waals surface area contributed by atoms with Crippen LogP contribution in [0.1, 0.15) is 30.5 Å². The Morgan fingerprint density at radius 3 is 2.48 bits per heavy atom. The first-order chi connectivity index (χ1) is 11.7. The van der Waals surface area contributed by atoms with E-state index in [-0.39, 0.29) is 30.7 Å². The Labute approximate surface area is 143 Å². The molecule has 2 saturated heterocycles. The van der Waals surface area contributed by atoms with Crippen molar-refractivity contribution in [2.24, 2.45) is 5.92 Å². The van der Waals surface area contributed by atoms with Crippen LogP contribution in [0.15, 0.2) is 24.3 Å². The third kappa shape index (κ3) is 3.49.